The molecule has 3 nitrogen and oxygen atoms in total. The zero-order valence-corrected chi connectivity index (χ0v) is 12.5. The largest absolute Gasteiger partial charge is 0.298 e. The Kier molecular flexibility index (Phi) is 3.24. The van der Waals surface area contributed by atoms with Crippen LogP contribution in [-0.4, -0.2) is 6.29 Å². The van der Waals surface area contributed by atoms with E-state index in [0.717, 1.165) is 33.1 Å². The Bertz CT molecular complexity index is 918. The lowest BCUT2D eigenvalue weighted by Crippen LogP contribution is -1.93. The molecule has 0 atom stereocenters. The first kappa shape index (κ1) is 13.2. The number of fused-ring (bicyclic) bond motifs is 2. The maximum atomic E-state index is 11.5. The van der Waals surface area contributed by atoms with E-state index in [1.807, 2.05) is 24.3 Å². The van der Waals surface area contributed by atoms with E-state index in [-0.39, 0.29) is 0 Å². The Morgan fingerprint density at radius 3 is 2.86 bits per heavy atom. The second kappa shape index (κ2) is 5.39. The summed E-state index contributed by atoms with van der Waals surface area (Å²) in [6.07, 6.45) is 0.925. The van der Waals surface area contributed by atoms with Crippen LogP contribution in [0.2, 0.25) is 0 Å². The Hall–Kier alpha value is -2.46. The lowest BCUT2D eigenvalue weighted by molar-refractivity contribution is 0.112. The topological polar surface area (TPSA) is 41.8 Å². The number of benzene rings is 3. The van der Waals surface area contributed by atoms with Crippen LogP contribution in [0.3, 0.4) is 0 Å². The summed E-state index contributed by atoms with van der Waals surface area (Å²) in [7, 11) is 0. The lowest BCUT2D eigenvalue weighted by atomic mass is 9.93. The zero-order valence-electron chi connectivity index (χ0n) is 11.7. The van der Waals surface area contributed by atoms with Crippen LogP contribution in [0.5, 0.6) is 0 Å². The maximum absolute atomic E-state index is 11.5. The molecule has 3 aromatic carbocycles. The monoisotopic (exact) mass is 304 g/mol. The Morgan fingerprint density at radius 2 is 1.95 bits per heavy atom. The SMILES string of the molecule is O=Cc1ccc2ccccc2c1-c1ccc2c(c1)SN=NC2. The molecular formula is C18H12N2OS. The van der Waals surface area contributed by atoms with Crippen molar-refractivity contribution < 1.29 is 4.79 Å². The maximum Gasteiger partial charge on any atom is 0.150 e. The summed E-state index contributed by atoms with van der Waals surface area (Å²) in [6.45, 7) is 0.624. The van der Waals surface area contributed by atoms with Crippen molar-refractivity contribution >= 4 is 29.0 Å². The molecule has 1 heterocycles. The molecule has 0 spiro atoms. The third kappa shape index (κ3) is 2.12. The van der Waals surface area contributed by atoms with Crippen molar-refractivity contribution in [3.05, 3.63) is 65.7 Å². The molecule has 0 saturated heterocycles. The summed E-state index contributed by atoms with van der Waals surface area (Å²) in [6, 6.07) is 18.3. The molecule has 0 amide bonds. The van der Waals surface area contributed by atoms with Gasteiger partial charge in [-0.1, -0.05) is 48.5 Å². The van der Waals surface area contributed by atoms with E-state index >= 15 is 0 Å². The van der Waals surface area contributed by atoms with Gasteiger partial charge in [-0.15, -0.1) is 4.52 Å². The highest BCUT2D eigenvalue weighted by Crippen LogP contribution is 2.37. The first-order chi connectivity index (χ1) is 10.9. The highest BCUT2D eigenvalue weighted by molar-refractivity contribution is 7.98. The summed E-state index contributed by atoms with van der Waals surface area (Å²) >= 11 is 1.39. The van der Waals surface area contributed by atoms with Crippen LogP contribution in [0.4, 0.5) is 0 Å². The number of carbonyl (C=O) groups excluding carboxylic acids is 1. The molecule has 4 rings (SSSR count). The van der Waals surface area contributed by atoms with Gasteiger partial charge in [-0.25, -0.2) is 0 Å². The molecule has 0 aliphatic carbocycles. The quantitative estimate of drug-likeness (QED) is 0.476. The molecule has 1 aliphatic heterocycles. The van der Waals surface area contributed by atoms with Crippen LogP contribution in [0, 0.1) is 0 Å². The Balaban J connectivity index is 1.99. The molecule has 22 heavy (non-hydrogen) atoms. The molecule has 1 aliphatic rings. The second-order valence-electron chi connectivity index (χ2n) is 5.16. The van der Waals surface area contributed by atoms with Crippen molar-refractivity contribution in [3.63, 3.8) is 0 Å². The number of hydrogen-bond acceptors (Lipinski definition) is 4. The smallest absolute Gasteiger partial charge is 0.150 e. The minimum absolute atomic E-state index is 0.624. The molecular weight excluding hydrogens is 292 g/mol. The average molecular weight is 304 g/mol. The predicted octanol–water partition coefficient (Wildman–Crippen LogP) is 5.29. The van der Waals surface area contributed by atoms with Gasteiger partial charge in [0.1, 0.15) is 0 Å². The standard InChI is InChI=1S/C18H12N2OS/c21-11-15-8-5-12-3-1-2-4-16(12)18(15)13-6-7-14-10-19-20-22-17(14)9-13/h1-9,11H,10H2. The van der Waals surface area contributed by atoms with Crippen LogP contribution < -0.4 is 0 Å². The van der Waals surface area contributed by atoms with Gasteiger partial charge in [0, 0.05) is 28.0 Å². The fourth-order valence-electron chi connectivity index (χ4n) is 2.81. The van der Waals surface area contributed by atoms with E-state index in [4.69, 9.17) is 0 Å². The zero-order chi connectivity index (χ0) is 14.9. The molecule has 0 radical (unpaired) electrons. The summed E-state index contributed by atoms with van der Waals surface area (Å²) in [5.41, 5.74) is 3.92. The molecule has 0 bridgehead atoms. The normalized spacial score (nSPS) is 13.1. The molecule has 0 N–H and O–H groups in total. The first-order valence-corrected chi connectivity index (χ1v) is 7.78. The molecule has 0 unspecified atom stereocenters. The third-order valence-corrected chi connectivity index (χ3v) is 4.66. The number of hydrogen-bond donors (Lipinski definition) is 0. The third-order valence-electron chi connectivity index (χ3n) is 3.88. The number of rotatable bonds is 2. The molecule has 0 fully saturated rings. The fraction of sp³-hybridized carbons (Fsp3) is 0.0556. The van der Waals surface area contributed by atoms with Crippen molar-refractivity contribution in [1.82, 2.24) is 0 Å². The van der Waals surface area contributed by atoms with Gasteiger partial charge in [0.15, 0.2) is 6.29 Å². The highest BCUT2D eigenvalue weighted by atomic mass is 32.2. The van der Waals surface area contributed by atoms with Crippen LogP contribution in [0.25, 0.3) is 21.9 Å². The summed E-state index contributed by atoms with van der Waals surface area (Å²) in [5.74, 6) is 0. The van der Waals surface area contributed by atoms with Gasteiger partial charge in [0.2, 0.25) is 0 Å². The first-order valence-electron chi connectivity index (χ1n) is 7.01. The van der Waals surface area contributed by atoms with Crippen LogP contribution >= 0.6 is 11.9 Å². The highest BCUT2D eigenvalue weighted by Gasteiger charge is 2.13. The van der Waals surface area contributed by atoms with E-state index < -0.39 is 0 Å². The molecule has 4 heteroatoms. The van der Waals surface area contributed by atoms with Gasteiger partial charge in [-0.05, 0) is 28.0 Å². The van der Waals surface area contributed by atoms with E-state index in [0.29, 0.717) is 12.1 Å². The van der Waals surface area contributed by atoms with E-state index in [1.165, 1.54) is 17.5 Å². The Morgan fingerprint density at radius 1 is 1.05 bits per heavy atom. The number of carbonyl (C=O) groups is 1. The lowest BCUT2D eigenvalue weighted by Gasteiger charge is -2.14. The molecule has 106 valence electrons. The second-order valence-corrected chi connectivity index (χ2v) is 5.95. The van der Waals surface area contributed by atoms with Crippen molar-refractivity contribution in [2.24, 2.45) is 9.63 Å². The van der Waals surface area contributed by atoms with Crippen molar-refractivity contribution in [3.8, 4) is 11.1 Å². The molecule has 3 aromatic rings. The van der Waals surface area contributed by atoms with Gasteiger partial charge in [-0.2, -0.15) is 5.11 Å². The van der Waals surface area contributed by atoms with Gasteiger partial charge in [0.05, 0.1) is 6.54 Å². The van der Waals surface area contributed by atoms with Crippen LogP contribution in [0.1, 0.15) is 15.9 Å². The fourth-order valence-corrected chi connectivity index (χ4v) is 3.45. The van der Waals surface area contributed by atoms with Gasteiger partial charge >= 0.3 is 0 Å². The Labute approximate surface area is 132 Å². The number of nitrogens with zero attached hydrogens (tertiary/aromatic N) is 2. The van der Waals surface area contributed by atoms with Crippen molar-refractivity contribution in [2.45, 2.75) is 11.4 Å². The summed E-state index contributed by atoms with van der Waals surface area (Å²) in [5, 5.41) is 6.26. The van der Waals surface area contributed by atoms with Crippen molar-refractivity contribution in [1.29, 1.82) is 0 Å². The summed E-state index contributed by atoms with van der Waals surface area (Å²) < 4.78 is 4.03. The van der Waals surface area contributed by atoms with Gasteiger partial charge in [0.25, 0.3) is 0 Å². The van der Waals surface area contributed by atoms with Gasteiger partial charge in [-0.3, -0.25) is 4.79 Å². The van der Waals surface area contributed by atoms with Crippen LogP contribution in [0.15, 0.2) is 69.1 Å². The van der Waals surface area contributed by atoms with E-state index in [9.17, 15) is 4.79 Å². The minimum Gasteiger partial charge on any atom is -0.298 e. The molecule has 0 aromatic heterocycles. The number of aldehydes is 1. The van der Waals surface area contributed by atoms with E-state index in [2.05, 4.69) is 40.0 Å². The van der Waals surface area contributed by atoms with E-state index in [1.54, 1.807) is 0 Å². The average Bonchev–Trinajstić information content (AvgIpc) is 2.60. The predicted molar refractivity (Wildman–Crippen MR) is 89.2 cm³/mol. The summed E-state index contributed by atoms with van der Waals surface area (Å²) in [4.78, 5) is 12.6. The van der Waals surface area contributed by atoms with Crippen molar-refractivity contribution in [2.75, 3.05) is 0 Å². The molecule has 0 saturated carbocycles. The minimum atomic E-state index is 0.624. The van der Waals surface area contributed by atoms with Crippen LogP contribution in [-0.2, 0) is 6.54 Å². The van der Waals surface area contributed by atoms with Gasteiger partial charge < -0.3 is 0 Å².